The van der Waals surface area contributed by atoms with Crippen LogP contribution in [0.1, 0.15) is 21.5 Å². The van der Waals surface area contributed by atoms with Gasteiger partial charge in [-0.25, -0.2) is 4.79 Å². The van der Waals surface area contributed by atoms with Gasteiger partial charge in [0.05, 0.1) is 24.7 Å². The van der Waals surface area contributed by atoms with Crippen molar-refractivity contribution in [3.8, 4) is 11.5 Å². The molecule has 0 aromatic heterocycles. The minimum absolute atomic E-state index is 0.204. The van der Waals surface area contributed by atoms with Gasteiger partial charge in [0.2, 0.25) is 0 Å². The normalized spacial score (nSPS) is 14.7. The monoisotopic (exact) mass is 415 g/mol. The highest BCUT2D eigenvalue weighted by Gasteiger charge is 2.22. The highest BCUT2D eigenvalue weighted by Crippen LogP contribution is 2.32. The van der Waals surface area contributed by atoms with Gasteiger partial charge in [-0.1, -0.05) is 42.2 Å². The zero-order valence-corrected chi connectivity index (χ0v) is 16.8. The molecular formula is C20H17NO5S2. The largest absolute Gasteiger partial charge is 0.493 e. The summed E-state index contributed by atoms with van der Waals surface area (Å²) in [5.74, 6) is 0.533. The van der Waals surface area contributed by atoms with Crippen molar-refractivity contribution in [1.29, 1.82) is 0 Å². The quantitative estimate of drug-likeness (QED) is 0.439. The van der Waals surface area contributed by atoms with Crippen LogP contribution in [0.3, 0.4) is 0 Å². The molecule has 0 spiro atoms. The fourth-order valence-corrected chi connectivity index (χ4v) is 3.53. The summed E-state index contributed by atoms with van der Waals surface area (Å²) in [6.07, 6.45) is 1.75. The molecule has 1 aliphatic heterocycles. The third-order valence-electron chi connectivity index (χ3n) is 3.90. The lowest BCUT2D eigenvalue weighted by atomic mass is 10.1. The van der Waals surface area contributed by atoms with Crippen LogP contribution in [0.15, 0.2) is 47.4 Å². The Balaban J connectivity index is 1.71. The molecule has 1 aliphatic rings. The van der Waals surface area contributed by atoms with Crippen LogP contribution in [0.4, 0.5) is 0 Å². The Morgan fingerprint density at radius 1 is 1.14 bits per heavy atom. The number of amides is 1. The van der Waals surface area contributed by atoms with Crippen LogP contribution in [-0.2, 0) is 16.1 Å². The summed E-state index contributed by atoms with van der Waals surface area (Å²) >= 11 is 6.21. The van der Waals surface area contributed by atoms with Crippen molar-refractivity contribution in [2.24, 2.45) is 0 Å². The smallest absolute Gasteiger partial charge is 0.337 e. The van der Waals surface area contributed by atoms with Crippen LogP contribution in [0, 0.1) is 0 Å². The molecule has 0 unspecified atom stereocenters. The number of carbonyl (C=O) groups excluding carboxylic acids is 2. The Morgan fingerprint density at radius 2 is 1.89 bits per heavy atom. The summed E-state index contributed by atoms with van der Waals surface area (Å²) in [5.41, 5.74) is 2.18. The lowest BCUT2D eigenvalue weighted by Crippen LogP contribution is -2.17. The summed E-state index contributed by atoms with van der Waals surface area (Å²) in [5, 5.41) is 2.58. The van der Waals surface area contributed by atoms with Crippen LogP contribution in [-0.4, -0.2) is 30.4 Å². The van der Waals surface area contributed by atoms with Crippen molar-refractivity contribution in [2.45, 2.75) is 6.61 Å². The summed E-state index contributed by atoms with van der Waals surface area (Å²) in [4.78, 5) is 23.8. The van der Waals surface area contributed by atoms with Gasteiger partial charge in [-0.05, 0) is 41.5 Å². The SMILES string of the molecule is COC(=O)c1ccc(COc2ccc(/C=C3/SC(=S)NC3=O)cc2OC)cc1. The molecule has 1 N–H and O–H groups in total. The maximum absolute atomic E-state index is 11.8. The van der Waals surface area contributed by atoms with E-state index < -0.39 is 0 Å². The van der Waals surface area contributed by atoms with Gasteiger partial charge in [-0.2, -0.15) is 0 Å². The van der Waals surface area contributed by atoms with Gasteiger partial charge in [0.15, 0.2) is 11.5 Å². The number of nitrogens with one attached hydrogen (secondary N) is 1. The van der Waals surface area contributed by atoms with E-state index in [9.17, 15) is 9.59 Å². The molecule has 3 rings (SSSR count). The second-order valence-electron chi connectivity index (χ2n) is 5.74. The van der Waals surface area contributed by atoms with Crippen LogP contribution in [0.25, 0.3) is 6.08 Å². The number of methoxy groups -OCH3 is 2. The molecule has 0 atom stereocenters. The zero-order chi connectivity index (χ0) is 20.1. The van der Waals surface area contributed by atoms with Crippen LogP contribution in [0.5, 0.6) is 11.5 Å². The number of hydrogen-bond acceptors (Lipinski definition) is 7. The number of rotatable bonds is 6. The van der Waals surface area contributed by atoms with E-state index in [1.165, 1.54) is 18.9 Å². The number of thiocarbonyl (C=S) groups is 1. The second kappa shape index (κ2) is 8.90. The van der Waals surface area contributed by atoms with Gasteiger partial charge in [-0.3, -0.25) is 4.79 Å². The average Bonchev–Trinajstić information content (AvgIpc) is 3.03. The summed E-state index contributed by atoms with van der Waals surface area (Å²) < 4.78 is 16.4. The van der Waals surface area contributed by atoms with Crippen molar-refractivity contribution < 1.29 is 23.8 Å². The Morgan fingerprint density at radius 3 is 2.50 bits per heavy atom. The molecule has 1 fully saturated rings. The van der Waals surface area contributed by atoms with Crippen molar-refractivity contribution in [2.75, 3.05) is 14.2 Å². The molecule has 144 valence electrons. The van der Waals surface area contributed by atoms with Gasteiger partial charge in [0.1, 0.15) is 10.9 Å². The van der Waals surface area contributed by atoms with E-state index in [1.807, 2.05) is 6.07 Å². The third kappa shape index (κ3) is 4.71. The summed E-state index contributed by atoms with van der Waals surface area (Å²) in [7, 11) is 2.90. The third-order valence-corrected chi connectivity index (χ3v) is 5.06. The number of thioether (sulfide) groups is 1. The molecule has 0 radical (unpaired) electrons. The zero-order valence-electron chi connectivity index (χ0n) is 15.2. The number of esters is 1. The topological polar surface area (TPSA) is 73.9 Å². The fourth-order valence-electron chi connectivity index (χ4n) is 2.48. The number of carbonyl (C=O) groups is 2. The molecule has 1 heterocycles. The van der Waals surface area contributed by atoms with Gasteiger partial charge in [0, 0.05) is 0 Å². The molecule has 28 heavy (non-hydrogen) atoms. The molecule has 1 saturated heterocycles. The van der Waals surface area contributed by atoms with E-state index in [2.05, 4.69) is 10.1 Å². The summed E-state index contributed by atoms with van der Waals surface area (Å²) in [6, 6.07) is 12.4. The molecule has 0 aliphatic carbocycles. The molecule has 1 amide bonds. The molecule has 2 aromatic carbocycles. The first kappa shape index (κ1) is 19.9. The molecule has 0 saturated carbocycles. The standard InChI is InChI=1S/C20H17NO5S2/c1-24-16-9-13(10-17-18(22)21-20(27)28-17)5-8-15(16)26-11-12-3-6-14(7-4-12)19(23)25-2/h3-10H,11H2,1-2H3,(H,21,22,27)/b17-10+. The van der Waals surface area contributed by atoms with Gasteiger partial charge in [-0.15, -0.1) is 0 Å². The van der Waals surface area contributed by atoms with Crippen molar-refractivity contribution in [3.05, 3.63) is 64.1 Å². The number of benzene rings is 2. The highest BCUT2D eigenvalue weighted by atomic mass is 32.2. The Kier molecular flexibility index (Phi) is 6.33. The second-order valence-corrected chi connectivity index (χ2v) is 7.46. The van der Waals surface area contributed by atoms with Crippen molar-refractivity contribution in [1.82, 2.24) is 5.32 Å². The molecule has 6 nitrogen and oxygen atoms in total. The Hall–Kier alpha value is -2.84. The maximum Gasteiger partial charge on any atom is 0.337 e. The first-order valence-electron chi connectivity index (χ1n) is 8.23. The van der Waals surface area contributed by atoms with Gasteiger partial charge in [0.25, 0.3) is 5.91 Å². The van der Waals surface area contributed by atoms with Crippen molar-refractivity contribution in [3.63, 3.8) is 0 Å². The van der Waals surface area contributed by atoms with Gasteiger partial charge < -0.3 is 19.5 Å². The van der Waals surface area contributed by atoms with E-state index in [-0.39, 0.29) is 11.9 Å². The van der Waals surface area contributed by atoms with Crippen LogP contribution >= 0.6 is 24.0 Å². The maximum atomic E-state index is 11.8. The predicted molar refractivity (Wildman–Crippen MR) is 111 cm³/mol. The first-order chi connectivity index (χ1) is 13.5. The minimum Gasteiger partial charge on any atom is -0.493 e. The predicted octanol–water partition coefficient (Wildman–Crippen LogP) is 3.55. The van der Waals surface area contributed by atoms with E-state index in [4.69, 9.17) is 21.7 Å². The number of ether oxygens (including phenoxy) is 3. The van der Waals surface area contributed by atoms with Crippen LogP contribution in [0.2, 0.25) is 0 Å². The van der Waals surface area contributed by atoms with Crippen molar-refractivity contribution >= 4 is 46.3 Å². The van der Waals surface area contributed by atoms with E-state index >= 15 is 0 Å². The van der Waals surface area contributed by atoms with Crippen LogP contribution < -0.4 is 14.8 Å². The fraction of sp³-hybridized carbons (Fsp3) is 0.150. The Labute approximate surface area is 171 Å². The van der Waals surface area contributed by atoms with E-state index in [0.29, 0.717) is 32.9 Å². The number of hydrogen-bond donors (Lipinski definition) is 1. The summed E-state index contributed by atoms with van der Waals surface area (Å²) in [6.45, 7) is 0.310. The lowest BCUT2D eigenvalue weighted by molar-refractivity contribution is -0.115. The lowest BCUT2D eigenvalue weighted by Gasteiger charge is -2.12. The molecule has 0 bridgehead atoms. The van der Waals surface area contributed by atoms with E-state index in [1.54, 1.807) is 49.6 Å². The van der Waals surface area contributed by atoms with Gasteiger partial charge >= 0.3 is 5.97 Å². The van der Waals surface area contributed by atoms with E-state index in [0.717, 1.165) is 11.1 Å². The Bertz CT molecular complexity index is 954. The average molecular weight is 415 g/mol. The molecule has 2 aromatic rings. The molecule has 8 heteroatoms. The first-order valence-corrected chi connectivity index (χ1v) is 9.45. The highest BCUT2D eigenvalue weighted by molar-refractivity contribution is 8.26. The molecular weight excluding hydrogens is 398 g/mol. The minimum atomic E-state index is -0.381.